The summed E-state index contributed by atoms with van der Waals surface area (Å²) in [6.07, 6.45) is 5.10. The van der Waals surface area contributed by atoms with Gasteiger partial charge in [0.25, 0.3) is 0 Å². The summed E-state index contributed by atoms with van der Waals surface area (Å²) in [7, 11) is 0. The fraction of sp³-hybridized carbons (Fsp3) is 0.960. The Morgan fingerprint density at radius 2 is 1.83 bits per heavy atom. The van der Waals surface area contributed by atoms with Gasteiger partial charge in [-0.1, -0.05) is 41.0 Å². The maximum atomic E-state index is 11.6. The van der Waals surface area contributed by atoms with Gasteiger partial charge in [-0.25, -0.2) is 0 Å². The van der Waals surface area contributed by atoms with E-state index in [1.54, 1.807) is 0 Å². The monoisotopic (exact) mass is 423 g/mol. The minimum absolute atomic E-state index is 0.0823. The van der Waals surface area contributed by atoms with Crippen molar-refractivity contribution in [3.05, 3.63) is 0 Å². The Hall–Kier alpha value is -0.650. The van der Waals surface area contributed by atoms with E-state index in [2.05, 4.69) is 34.6 Å². The molecule has 5 N–H and O–H groups in total. The number of aliphatic hydroxyl groups excluding tert-OH is 3. The van der Waals surface area contributed by atoms with Crippen LogP contribution in [-0.2, 0) is 4.79 Å². The molecule has 3 fully saturated rings. The van der Waals surface area contributed by atoms with E-state index in [9.17, 15) is 20.1 Å². The largest absolute Gasteiger partial charge is 0.393 e. The number of primary amides is 1. The highest BCUT2D eigenvalue weighted by Gasteiger charge is 2.62. The minimum atomic E-state index is -0.427. The molecule has 174 valence electrons. The summed E-state index contributed by atoms with van der Waals surface area (Å²) in [6.45, 7) is 11.2. The highest BCUT2D eigenvalue weighted by molar-refractivity contribution is 5.73. The van der Waals surface area contributed by atoms with Crippen molar-refractivity contribution in [2.45, 2.75) is 104 Å². The number of hydrogen-bond donors (Lipinski definition) is 4. The molecule has 0 bridgehead atoms. The van der Waals surface area contributed by atoms with Crippen molar-refractivity contribution in [1.29, 1.82) is 0 Å². The lowest BCUT2D eigenvalue weighted by Crippen LogP contribution is -2.63. The number of aliphatic hydroxyl groups is 3. The van der Waals surface area contributed by atoms with E-state index in [4.69, 9.17) is 5.73 Å². The third-order valence-electron chi connectivity index (χ3n) is 10.3. The van der Waals surface area contributed by atoms with E-state index >= 15 is 0 Å². The van der Waals surface area contributed by atoms with Crippen molar-refractivity contribution >= 4 is 5.91 Å². The van der Waals surface area contributed by atoms with Crippen LogP contribution in [0, 0.1) is 46.3 Å². The Balaban J connectivity index is 1.90. The van der Waals surface area contributed by atoms with Gasteiger partial charge in [-0.3, -0.25) is 4.79 Å². The quantitative estimate of drug-likeness (QED) is 0.525. The van der Waals surface area contributed by atoms with Gasteiger partial charge in [0.1, 0.15) is 0 Å². The summed E-state index contributed by atoms with van der Waals surface area (Å²) in [5.74, 6) is 1.27. The topological polar surface area (TPSA) is 104 Å². The van der Waals surface area contributed by atoms with Crippen molar-refractivity contribution in [2.24, 2.45) is 52.1 Å². The third-order valence-corrected chi connectivity index (χ3v) is 10.3. The van der Waals surface area contributed by atoms with Crippen LogP contribution < -0.4 is 5.73 Å². The van der Waals surface area contributed by atoms with E-state index in [1.807, 2.05) is 0 Å². The number of nitrogens with two attached hydrogens (primary N) is 1. The zero-order chi connectivity index (χ0) is 22.4. The first kappa shape index (κ1) is 24.0. The summed E-state index contributed by atoms with van der Waals surface area (Å²) < 4.78 is 0. The molecule has 5 heteroatoms. The second-order valence-electron chi connectivity index (χ2n) is 11.5. The number of fused-ring (bicyclic) bond motifs is 3. The van der Waals surface area contributed by atoms with Crippen molar-refractivity contribution in [3.8, 4) is 0 Å². The van der Waals surface area contributed by atoms with Gasteiger partial charge >= 0.3 is 0 Å². The van der Waals surface area contributed by atoms with Gasteiger partial charge in [0.2, 0.25) is 5.91 Å². The molecule has 0 aliphatic heterocycles. The number of hydrogen-bond acceptors (Lipinski definition) is 4. The van der Waals surface area contributed by atoms with Crippen molar-refractivity contribution in [3.63, 3.8) is 0 Å². The van der Waals surface area contributed by atoms with Gasteiger partial charge < -0.3 is 21.1 Å². The van der Waals surface area contributed by atoms with Crippen LogP contribution in [-0.4, -0.2) is 39.5 Å². The lowest BCUT2D eigenvalue weighted by molar-refractivity contribution is -0.217. The minimum Gasteiger partial charge on any atom is -0.393 e. The zero-order valence-corrected chi connectivity index (χ0v) is 19.7. The normalized spacial score (nSPS) is 48.3. The van der Waals surface area contributed by atoms with Crippen LogP contribution in [0.15, 0.2) is 0 Å². The van der Waals surface area contributed by atoms with Crippen LogP contribution in [0.4, 0.5) is 0 Å². The lowest BCUT2D eigenvalue weighted by Gasteiger charge is -2.65. The average molecular weight is 424 g/mol. The SMILES string of the molecule is CCC(C(C)CCC(N)=O)C1(C)C(O)CC2C(C(O)CC3CC(O)CCC32C)C1C. The van der Waals surface area contributed by atoms with Gasteiger partial charge in [-0.15, -0.1) is 0 Å². The average Bonchev–Trinajstić information content (AvgIpc) is 2.67. The lowest BCUT2D eigenvalue weighted by atomic mass is 9.41. The van der Waals surface area contributed by atoms with Crippen molar-refractivity contribution in [2.75, 3.05) is 0 Å². The van der Waals surface area contributed by atoms with Crippen LogP contribution in [0.5, 0.6) is 0 Å². The first-order valence-electron chi connectivity index (χ1n) is 12.3. The molecule has 3 aliphatic carbocycles. The molecule has 3 rings (SSSR count). The second kappa shape index (κ2) is 8.71. The second-order valence-corrected chi connectivity index (χ2v) is 11.5. The van der Waals surface area contributed by atoms with Crippen LogP contribution in [0.1, 0.15) is 86.0 Å². The number of amides is 1. The Morgan fingerprint density at radius 3 is 2.43 bits per heavy atom. The maximum Gasteiger partial charge on any atom is 0.217 e. The molecule has 3 saturated carbocycles. The van der Waals surface area contributed by atoms with E-state index in [0.29, 0.717) is 12.3 Å². The number of rotatable bonds is 6. The molecular weight excluding hydrogens is 378 g/mol. The first-order chi connectivity index (χ1) is 14.0. The maximum absolute atomic E-state index is 11.6. The molecular formula is C25H45NO4. The molecule has 1 amide bonds. The number of carbonyl (C=O) groups excluding carboxylic acids is 1. The predicted molar refractivity (Wildman–Crippen MR) is 118 cm³/mol. The molecule has 0 radical (unpaired) electrons. The molecule has 3 aliphatic rings. The Labute approximate surface area is 182 Å². The zero-order valence-electron chi connectivity index (χ0n) is 19.7. The fourth-order valence-corrected chi connectivity index (χ4v) is 8.34. The molecule has 0 aromatic rings. The summed E-state index contributed by atoms with van der Waals surface area (Å²) in [5, 5.41) is 33.1. The van der Waals surface area contributed by atoms with E-state index < -0.39 is 6.10 Å². The summed E-state index contributed by atoms with van der Waals surface area (Å²) >= 11 is 0. The smallest absolute Gasteiger partial charge is 0.217 e. The van der Waals surface area contributed by atoms with Gasteiger partial charge in [0.05, 0.1) is 18.3 Å². The van der Waals surface area contributed by atoms with Crippen LogP contribution in [0.25, 0.3) is 0 Å². The Morgan fingerprint density at radius 1 is 1.17 bits per heavy atom. The molecule has 30 heavy (non-hydrogen) atoms. The molecule has 11 atom stereocenters. The molecule has 11 unspecified atom stereocenters. The van der Waals surface area contributed by atoms with Crippen LogP contribution >= 0.6 is 0 Å². The van der Waals surface area contributed by atoms with Crippen LogP contribution in [0.2, 0.25) is 0 Å². The van der Waals surface area contributed by atoms with Gasteiger partial charge in [0.15, 0.2) is 0 Å². The van der Waals surface area contributed by atoms with E-state index in [-0.39, 0.29) is 58.5 Å². The van der Waals surface area contributed by atoms with Crippen molar-refractivity contribution < 1.29 is 20.1 Å². The fourth-order valence-electron chi connectivity index (χ4n) is 8.34. The third kappa shape index (κ3) is 3.84. The molecule has 5 nitrogen and oxygen atoms in total. The van der Waals surface area contributed by atoms with E-state index in [0.717, 1.165) is 44.9 Å². The predicted octanol–water partition coefficient (Wildman–Crippen LogP) is 3.49. The Kier molecular flexibility index (Phi) is 6.97. The van der Waals surface area contributed by atoms with Gasteiger partial charge in [-0.05, 0) is 84.9 Å². The molecule has 0 aromatic carbocycles. The summed E-state index contributed by atoms with van der Waals surface area (Å²) in [5.41, 5.74) is 5.18. The molecule has 0 heterocycles. The summed E-state index contributed by atoms with van der Waals surface area (Å²) in [6, 6.07) is 0. The van der Waals surface area contributed by atoms with Crippen molar-refractivity contribution in [1.82, 2.24) is 0 Å². The molecule has 0 spiro atoms. The highest BCUT2D eigenvalue weighted by Crippen LogP contribution is 2.65. The van der Waals surface area contributed by atoms with Gasteiger partial charge in [-0.2, -0.15) is 0 Å². The molecule has 0 aromatic heterocycles. The highest BCUT2D eigenvalue weighted by atomic mass is 16.3. The number of carbonyl (C=O) groups is 1. The van der Waals surface area contributed by atoms with E-state index in [1.165, 1.54) is 0 Å². The van der Waals surface area contributed by atoms with Gasteiger partial charge in [0, 0.05) is 6.42 Å². The first-order valence-corrected chi connectivity index (χ1v) is 12.3. The molecule has 0 saturated heterocycles. The summed E-state index contributed by atoms with van der Waals surface area (Å²) in [4.78, 5) is 11.3. The Bertz CT molecular complexity index is 626. The standard InChI is InChI=1S/C25H45NO4/c1-6-18(14(2)7-8-22(26)30)25(5)15(3)23-19(13-21(25)29)24(4)10-9-17(27)11-16(24)12-20(23)28/h14-21,23,27-29H,6-13H2,1-5H3,(H2,26,30). The van der Waals surface area contributed by atoms with Crippen LogP contribution in [0.3, 0.4) is 0 Å².